The first kappa shape index (κ1) is 19.8. The van der Waals surface area contributed by atoms with Crippen molar-refractivity contribution in [3.63, 3.8) is 0 Å². The Morgan fingerprint density at radius 2 is 1.93 bits per heavy atom. The summed E-state index contributed by atoms with van der Waals surface area (Å²) in [4.78, 5) is 37.3. The smallest absolute Gasteiger partial charge is 0.325 e. The lowest BCUT2D eigenvalue weighted by Crippen LogP contribution is -2.65. The summed E-state index contributed by atoms with van der Waals surface area (Å²) >= 11 is 6.13. The van der Waals surface area contributed by atoms with Crippen LogP contribution in [0.15, 0.2) is 29.3 Å². The second kappa shape index (κ2) is 8.08. The highest BCUT2D eigenvalue weighted by Gasteiger charge is 2.49. The maximum Gasteiger partial charge on any atom is 0.325 e. The highest BCUT2D eigenvalue weighted by atomic mass is 35.5. The number of hydrogen-bond donors (Lipinski definition) is 1. The minimum atomic E-state index is -0.534. The molecule has 3 heterocycles. The fourth-order valence-corrected chi connectivity index (χ4v) is 4.23. The zero-order chi connectivity index (χ0) is 20.5. The third-order valence-corrected chi connectivity index (χ3v) is 5.85. The average Bonchev–Trinajstić information content (AvgIpc) is 3.11. The summed E-state index contributed by atoms with van der Waals surface area (Å²) in [5.74, 6) is 0.435. The molecule has 0 aromatic heterocycles. The van der Waals surface area contributed by atoms with Crippen LogP contribution >= 0.6 is 11.6 Å². The second-order valence-corrected chi connectivity index (χ2v) is 7.77. The summed E-state index contributed by atoms with van der Waals surface area (Å²) in [6.07, 6.45) is -0.519. The van der Waals surface area contributed by atoms with Crippen molar-refractivity contribution in [3.05, 3.63) is 29.3 Å². The molecule has 4 rings (SSSR count). The Balaban J connectivity index is 1.51. The van der Waals surface area contributed by atoms with Gasteiger partial charge in [-0.15, -0.1) is 0 Å². The molecule has 2 unspecified atom stereocenters. The molecular weight excluding hydrogens is 396 g/mol. The van der Waals surface area contributed by atoms with Gasteiger partial charge in [0.2, 0.25) is 0 Å². The van der Waals surface area contributed by atoms with E-state index in [9.17, 15) is 9.59 Å². The van der Waals surface area contributed by atoms with Gasteiger partial charge in [-0.3, -0.25) is 10.1 Å². The van der Waals surface area contributed by atoms with Gasteiger partial charge in [0.25, 0.3) is 5.91 Å². The number of halogens is 1. The van der Waals surface area contributed by atoms with Gasteiger partial charge in [0.15, 0.2) is 18.2 Å². The number of amides is 3. The molecule has 2 fully saturated rings. The van der Waals surface area contributed by atoms with Crippen LogP contribution in [0.1, 0.15) is 0 Å². The topological polar surface area (TPSA) is 80.7 Å². The van der Waals surface area contributed by atoms with Crippen LogP contribution in [0.4, 0.5) is 10.5 Å². The molecule has 0 spiro atoms. The first-order chi connectivity index (χ1) is 14.0. The van der Waals surface area contributed by atoms with E-state index in [-0.39, 0.29) is 5.91 Å². The van der Waals surface area contributed by atoms with E-state index in [1.54, 1.807) is 14.2 Å². The number of nitrogens with one attached hydrogen (secondary N) is 1. The number of ether oxygens (including phenoxy) is 1. The van der Waals surface area contributed by atoms with Crippen LogP contribution in [0, 0.1) is 0 Å². The van der Waals surface area contributed by atoms with Gasteiger partial charge < -0.3 is 24.3 Å². The number of carbonyl (C=O) groups is 2. The molecule has 0 saturated carbocycles. The van der Waals surface area contributed by atoms with Gasteiger partial charge in [-0.25, -0.2) is 9.79 Å². The van der Waals surface area contributed by atoms with E-state index < -0.39 is 18.2 Å². The number of carbonyl (C=O) groups excluding carboxylic acids is 2. The SMILES string of the molecule is COCCN1C(N2CCN(c3cccc(Cl)c3)CC2)=NC2C1C(=O)NC(=O)N2C. The standard InChI is InChI=1S/C19H25ClN6O3/c1-23-16-15(17(27)22-19(23)28)26(10-11-29-2)18(21-16)25-8-6-24(7-9-25)14-5-3-4-13(20)12-14/h3-5,12,15-16H,6-11H2,1-2H3,(H,22,27,28). The Kier molecular flexibility index (Phi) is 5.51. The quantitative estimate of drug-likeness (QED) is 0.770. The lowest BCUT2D eigenvalue weighted by Gasteiger charge is -2.41. The molecule has 9 nitrogen and oxygen atoms in total. The van der Waals surface area contributed by atoms with Gasteiger partial charge in [-0.2, -0.15) is 0 Å². The summed E-state index contributed by atoms with van der Waals surface area (Å²) in [7, 11) is 3.29. The zero-order valence-corrected chi connectivity index (χ0v) is 17.3. The molecule has 2 atom stereocenters. The molecule has 2 saturated heterocycles. The van der Waals surface area contributed by atoms with E-state index in [1.165, 1.54) is 4.90 Å². The number of piperazine rings is 1. The lowest BCUT2D eigenvalue weighted by molar-refractivity contribution is -0.127. The van der Waals surface area contributed by atoms with Crippen LogP contribution in [0.25, 0.3) is 0 Å². The van der Waals surface area contributed by atoms with E-state index in [2.05, 4.69) is 21.2 Å². The molecule has 0 aliphatic carbocycles. The number of aliphatic imine (C=N–C) groups is 1. The maximum atomic E-state index is 12.5. The Bertz CT molecular complexity index is 826. The highest BCUT2D eigenvalue weighted by Crippen LogP contribution is 2.27. The molecule has 10 heteroatoms. The Labute approximate surface area is 174 Å². The van der Waals surface area contributed by atoms with E-state index >= 15 is 0 Å². The molecule has 1 aromatic rings. The molecule has 1 N–H and O–H groups in total. The van der Waals surface area contributed by atoms with Gasteiger partial charge in [0, 0.05) is 57.6 Å². The number of benzene rings is 1. The largest absolute Gasteiger partial charge is 0.383 e. The molecule has 3 amide bonds. The third kappa shape index (κ3) is 3.72. The Hall–Kier alpha value is -2.52. The van der Waals surface area contributed by atoms with Gasteiger partial charge in [-0.1, -0.05) is 17.7 Å². The van der Waals surface area contributed by atoms with Gasteiger partial charge in [0.1, 0.15) is 0 Å². The lowest BCUT2D eigenvalue weighted by atomic mass is 10.1. The van der Waals surface area contributed by atoms with Gasteiger partial charge in [-0.05, 0) is 18.2 Å². The Morgan fingerprint density at radius 3 is 2.62 bits per heavy atom. The molecule has 1 aromatic carbocycles. The molecular formula is C19H25ClN6O3. The number of anilines is 1. The summed E-state index contributed by atoms with van der Waals surface area (Å²) in [6, 6.07) is 6.89. The summed E-state index contributed by atoms with van der Waals surface area (Å²) in [6.45, 7) is 4.14. The molecule has 156 valence electrons. The van der Waals surface area contributed by atoms with Crippen molar-refractivity contribution in [1.29, 1.82) is 0 Å². The number of hydrogen-bond acceptors (Lipinski definition) is 7. The number of likely N-dealkylation sites (N-methyl/N-ethyl adjacent to an activating group) is 1. The molecule has 0 bridgehead atoms. The van der Waals surface area contributed by atoms with E-state index in [0.29, 0.717) is 13.2 Å². The van der Waals surface area contributed by atoms with Crippen LogP contribution in [0.2, 0.25) is 5.02 Å². The predicted molar refractivity (Wildman–Crippen MR) is 110 cm³/mol. The number of rotatable bonds is 4. The minimum Gasteiger partial charge on any atom is -0.383 e. The molecule has 29 heavy (non-hydrogen) atoms. The van der Waals surface area contributed by atoms with Crippen LogP contribution in [-0.4, -0.2) is 98.3 Å². The molecule has 3 aliphatic rings. The van der Waals surface area contributed by atoms with E-state index in [0.717, 1.165) is 42.8 Å². The van der Waals surface area contributed by atoms with Crippen molar-refractivity contribution >= 4 is 35.2 Å². The number of methoxy groups -OCH3 is 1. The summed E-state index contributed by atoms with van der Waals surface area (Å²) < 4.78 is 5.24. The van der Waals surface area contributed by atoms with E-state index in [4.69, 9.17) is 21.3 Å². The highest BCUT2D eigenvalue weighted by molar-refractivity contribution is 6.30. The predicted octanol–water partition coefficient (Wildman–Crippen LogP) is 0.656. The van der Waals surface area contributed by atoms with Crippen molar-refractivity contribution in [2.45, 2.75) is 12.2 Å². The van der Waals surface area contributed by atoms with Crippen molar-refractivity contribution in [3.8, 4) is 0 Å². The minimum absolute atomic E-state index is 0.314. The number of guanidine groups is 1. The van der Waals surface area contributed by atoms with Crippen molar-refractivity contribution in [1.82, 2.24) is 20.0 Å². The monoisotopic (exact) mass is 420 g/mol. The second-order valence-electron chi connectivity index (χ2n) is 7.33. The van der Waals surface area contributed by atoms with Crippen molar-refractivity contribution < 1.29 is 14.3 Å². The van der Waals surface area contributed by atoms with E-state index in [1.807, 2.05) is 23.1 Å². The van der Waals surface area contributed by atoms with Crippen LogP contribution < -0.4 is 10.2 Å². The average molecular weight is 421 g/mol. The van der Waals surface area contributed by atoms with Gasteiger partial charge >= 0.3 is 6.03 Å². The fraction of sp³-hybridized carbons (Fsp3) is 0.526. The Morgan fingerprint density at radius 1 is 1.21 bits per heavy atom. The van der Waals surface area contributed by atoms with Gasteiger partial charge in [0.05, 0.1) is 6.61 Å². The molecule has 0 radical (unpaired) electrons. The number of imide groups is 1. The number of nitrogens with zero attached hydrogens (tertiary/aromatic N) is 5. The van der Waals surface area contributed by atoms with Crippen LogP contribution in [0.3, 0.4) is 0 Å². The first-order valence-electron chi connectivity index (χ1n) is 9.66. The summed E-state index contributed by atoms with van der Waals surface area (Å²) in [5.41, 5.74) is 1.10. The van der Waals surface area contributed by atoms with Crippen molar-refractivity contribution in [2.24, 2.45) is 4.99 Å². The number of urea groups is 1. The summed E-state index contributed by atoms with van der Waals surface area (Å²) in [5, 5.41) is 3.14. The van der Waals surface area contributed by atoms with Crippen molar-refractivity contribution in [2.75, 3.05) is 58.4 Å². The third-order valence-electron chi connectivity index (χ3n) is 5.61. The first-order valence-corrected chi connectivity index (χ1v) is 10.0. The normalized spacial score (nSPS) is 24.6. The zero-order valence-electron chi connectivity index (χ0n) is 16.5. The molecule has 3 aliphatic heterocycles. The van der Waals surface area contributed by atoms with Crippen LogP contribution in [0.5, 0.6) is 0 Å². The maximum absolute atomic E-state index is 12.5. The van der Waals surface area contributed by atoms with Crippen LogP contribution in [-0.2, 0) is 9.53 Å². The fourth-order valence-electron chi connectivity index (χ4n) is 4.04. The number of fused-ring (bicyclic) bond motifs is 1.